The highest BCUT2D eigenvalue weighted by Crippen LogP contribution is 2.25. The highest BCUT2D eigenvalue weighted by atomic mass is 32.1. The Balaban J connectivity index is 1.84. The quantitative estimate of drug-likeness (QED) is 0.797. The van der Waals surface area contributed by atoms with Crippen LogP contribution in [0, 0.1) is 12.7 Å². The van der Waals surface area contributed by atoms with Crippen LogP contribution in [-0.4, -0.2) is 17.0 Å². The van der Waals surface area contributed by atoms with Gasteiger partial charge in [-0.3, -0.25) is 0 Å². The van der Waals surface area contributed by atoms with Crippen LogP contribution in [0.3, 0.4) is 0 Å². The first-order valence-electron chi connectivity index (χ1n) is 6.48. The topological polar surface area (TPSA) is 47.0 Å². The monoisotopic (exact) mass is 303 g/mol. The molecule has 0 fully saturated rings. The maximum Gasteiger partial charge on any atom is 0.169 e. The fourth-order valence-corrected chi connectivity index (χ4v) is 2.85. The summed E-state index contributed by atoms with van der Waals surface area (Å²) >= 11 is 1.56. The van der Waals surface area contributed by atoms with Gasteiger partial charge in [0.05, 0.1) is 5.39 Å². The molecule has 0 bridgehead atoms. The summed E-state index contributed by atoms with van der Waals surface area (Å²) in [5.41, 5.74) is 0.751. The molecule has 6 heteroatoms. The van der Waals surface area contributed by atoms with Crippen LogP contribution >= 0.6 is 11.3 Å². The lowest BCUT2D eigenvalue weighted by Gasteiger charge is -2.09. The molecule has 108 valence electrons. The molecule has 0 aliphatic carbocycles. The molecule has 0 saturated carbocycles. The number of ether oxygens (including phenoxy) is 1. The molecule has 1 N–H and O–H groups in total. The van der Waals surface area contributed by atoms with Crippen LogP contribution in [0.4, 0.5) is 10.2 Å². The molecule has 0 unspecified atom stereocenters. The molecular formula is C15H14FN3OS. The molecule has 2 aromatic heterocycles. The number of nitrogens with zero attached hydrogens (tertiary/aromatic N) is 2. The number of nitrogens with one attached hydrogen (secondary N) is 1. The number of aromatic nitrogens is 2. The van der Waals surface area contributed by atoms with Gasteiger partial charge < -0.3 is 10.1 Å². The molecule has 0 atom stereocenters. The molecular weight excluding hydrogens is 289 g/mol. The van der Waals surface area contributed by atoms with Crippen molar-refractivity contribution in [2.24, 2.45) is 0 Å². The number of benzene rings is 1. The van der Waals surface area contributed by atoms with Crippen LogP contribution in [0.25, 0.3) is 10.2 Å². The van der Waals surface area contributed by atoms with E-state index in [-0.39, 0.29) is 12.4 Å². The van der Waals surface area contributed by atoms with Crippen molar-refractivity contribution in [2.45, 2.75) is 13.5 Å². The van der Waals surface area contributed by atoms with Gasteiger partial charge in [-0.25, -0.2) is 14.4 Å². The molecule has 0 aliphatic heterocycles. The van der Waals surface area contributed by atoms with Gasteiger partial charge in [0.1, 0.15) is 28.8 Å². The number of thiophene rings is 1. The molecule has 4 nitrogen and oxygen atoms in total. The van der Waals surface area contributed by atoms with Crippen LogP contribution in [-0.2, 0) is 6.61 Å². The van der Waals surface area contributed by atoms with Crippen molar-refractivity contribution in [1.82, 2.24) is 9.97 Å². The molecule has 1 aromatic carbocycles. The Labute approximate surface area is 125 Å². The first kappa shape index (κ1) is 13.8. The average Bonchev–Trinajstić information content (AvgIpc) is 2.93. The Bertz CT molecular complexity index is 788. The summed E-state index contributed by atoms with van der Waals surface area (Å²) in [6, 6.07) is 6.43. The number of hydrogen-bond acceptors (Lipinski definition) is 5. The second-order valence-electron chi connectivity index (χ2n) is 4.58. The zero-order valence-corrected chi connectivity index (χ0v) is 12.5. The van der Waals surface area contributed by atoms with Crippen molar-refractivity contribution in [3.8, 4) is 5.75 Å². The summed E-state index contributed by atoms with van der Waals surface area (Å²) in [6.07, 6.45) is 0. The molecule has 0 amide bonds. The van der Waals surface area contributed by atoms with Crippen LogP contribution < -0.4 is 10.1 Å². The lowest BCUT2D eigenvalue weighted by molar-refractivity contribution is 0.294. The van der Waals surface area contributed by atoms with E-state index in [1.807, 2.05) is 18.5 Å². The van der Waals surface area contributed by atoms with Crippen LogP contribution in [0.5, 0.6) is 5.75 Å². The molecule has 3 aromatic rings. The van der Waals surface area contributed by atoms with E-state index in [1.54, 1.807) is 24.3 Å². The Morgan fingerprint density at radius 1 is 1.29 bits per heavy atom. The summed E-state index contributed by atoms with van der Waals surface area (Å²) in [5.74, 6) is 1.75. The van der Waals surface area contributed by atoms with E-state index in [9.17, 15) is 4.39 Å². The van der Waals surface area contributed by atoms with E-state index < -0.39 is 0 Å². The maximum atomic E-state index is 13.1. The molecule has 0 spiro atoms. The van der Waals surface area contributed by atoms with Gasteiger partial charge >= 0.3 is 0 Å². The minimum Gasteiger partial charge on any atom is -0.485 e. The first-order valence-corrected chi connectivity index (χ1v) is 7.36. The SMILES string of the molecule is CNc1nc(COc2ccc(F)cc2C)nc2sccc12. The second kappa shape index (κ2) is 5.65. The fourth-order valence-electron chi connectivity index (χ4n) is 2.07. The standard InChI is InChI=1S/C15H14FN3OS/c1-9-7-10(16)3-4-12(9)20-8-13-18-14(17-2)11-5-6-21-15(11)19-13/h3-7H,8H2,1-2H3,(H,17,18,19). The van der Waals surface area contributed by atoms with Crippen molar-refractivity contribution < 1.29 is 9.13 Å². The highest BCUT2D eigenvalue weighted by Gasteiger charge is 2.09. The van der Waals surface area contributed by atoms with Gasteiger partial charge in [-0.05, 0) is 42.1 Å². The van der Waals surface area contributed by atoms with Gasteiger partial charge in [-0.1, -0.05) is 0 Å². The third-order valence-corrected chi connectivity index (χ3v) is 3.91. The summed E-state index contributed by atoms with van der Waals surface area (Å²) in [6.45, 7) is 2.05. The average molecular weight is 303 g/mol. The third kappa shape index (κ3) is 2.80. The molecule has 0 saturated heterocycles. The van der Waals surface area contributed by atoms with E-state index >= 15 is 0 Å². The van der Waals surface area contributed by atoms with Crippen molar-refractivity contribution in [3.63, 3.8) is 0 Å². The van der Waals surface area contributed by atoms with Gasteiger partial charge in [-0.15, -0.1) is 11.3 Å². The Morgan fingerprint density at radius 2 is 2.14 bits per heavy atom. The van der Waals surface area contributed by atoms with Gasteiger partial charge in [0, 0.05) is 7.05 Å². The zero-order valence-electron chi connectivity index (χ0n) is 11.7. The number of anilines is 1. The van der Waals surface area contributed by atoms with Gasteiger partial charge in [0.15, 0.2) is 5.82 Å². The summed E-state index contributed by atoms with van der Waals surface area (Å²) in [5, 5.41) is 6.05. The first-order chi connectivity index (χ1) is 10.2. The highest BCUT2D eigenvalue weighted by molar-refractivity contribution is 7.16. The number of rotatable bonds is 4. The predicted octanol–water partition coefficient (Wildman–Crippen LogP) is 3.76. The number of hydrogen-bond donors (Lipinski definition) is 1. The largest absolute Gasteiger partial charge is 0.485 e. The minimum absolute atomic E-state index is 0.245. The summed E-state index contributed by atoms with van der Waals surface area (Å²) in [7, 11) is 1.83. The molecule has 2 heterocycles. The number of aryl methyl sites for hydroxylation is 1. The third-order valence-electron chi connectivity index (χ3n) is 3.10. The smallest absolute Gasteiger partial charge is 0.169 e. The van der Waals surface area contributed by atoms with Gasteiger partial charge in [-0.2, -0.15) is 0 Å². The summed E-state index contributed by atoms with van der Waals surface area (Å²) in [4.78, 5) is 9.83. The van der Waals surface area contributed by atoms with E-state index in [1.165, 1.54) is 12.1 Å². The summed E-state index contributed by atoms with van der Waals surface area (Å²) < 4.78 is 18.7. The maximum absolute atomic E-state index is 13.1. The normalized spacial score (nSPS) is 10.8. The fraction of sp³-hybridized carbons (Fsp3) is 0.200. The lowest BCUT2D eigenvalue weighted by Crippen LogP contribution is -2.05. The van der Waals surface area contributed by atoms with E-state index in [0.29, 0.717) is 11.6 Å². The minimum atomic E-state index is -0.270. The van der Waals surface area contributed by atoms with Crippen molar-refractivity contribution in [1.29, 1.82) is 0 Å². The van der Waals surface area contributed by atoms with Crippen LogP contribution in [0.2, 0.25) is 0 Å². The second-order valence-corrected chi connectivity index (χ2v) is 5.47. The van der Waals surface area contributed by atoms with E-state index in [4.69, 9.17) is 4.74 Å². The number of fused-ring (bicyclic) bond motifs is 1. The van der Waals surface area contributed by atoms with Gasteiger partial charge in [0.25, 0.3) is 0 Å². The molecule has 0 aliphatic rings. The van der Waals surface area contributed by atoms with Crippen molar-refractivity contribution >= 4 is 27.4 Å². The Hall–Kier alpha value is -2.21. The van der Waals surface area contributed by atoms with Crippen LogP contribution in [0.1, 0.15) is 11.4 Å². The van der Waals surface area contributed by atoms with E-state index in [0.717, 1.165) is 21.6 Å². The predicted molar refractivity (Wildman–Crippen MR) is 82.4 cm³/mol. The number of halogens is 1. The molecule has 21 heavy (non-hydrogen) atoms. The van der Waals surface area contributed by atoms with Crippen molar-refractivity contribution in [3.05, 3.63) is 46.9 Å². The molecule has 0 radical (unpaired) electrons. The Kier molecular flexibility index (Phi) is 3.70. The Morgan fingerprint density at radius 3 is 2.90 bits per heavy atom. The van der Waals surface area contributed by atoms with Crippen molar-refractivity contribution in [2.75, 3.05) is 12.4 Å². The lowest BCUT2D eigenvalue weighted by atomic mass is 10.2. The molecule has 3 rings (SSSR count). The zero-order chi connectivity index (χ0) is 14.8. The van der Waals surface area contributed by atoms with Crippen LogP contribution in [0.15, 0.2) is 29.6 Å². The van der Waals surface area contributed by atoms with E-state index in [2.05, 4.69) is 15.3 Å². The van der Waals surface area contributed by atoms with Gasteiger partial charge in [0.2, 0.25) is 0 Å².